The van der Waals surface area contributed by atoms with E-state index in [1.165, 1.54) is 25.1 Å². The Morgan fingerprint density at radius 1 is 1.06 bits per heavy atom. The number of aryl methyl sites for hydroxylation is 1. The monoisotopic (exact) mass is 482 g/mol. The number of fused-ring (bicyclic) bond motifs is 1. The Bertz CT molecular complexity index is 1280. The summed E-state index contributed by atoms with van der Waals surface area (Å²) in [6, 6.07) is 9.99. The number of ether oxygens (including phenoxy) is 2. The average molecular weight is 482 g/mol. The molecule has 0 radical (unpaired) electrons. The van der Waals surface area contributed by atoms with E-state index in [1.54, 1.807) is 31.4 Å². The minimum absolute atomic E-state index is 0.0285. The van der Waals surface area contributed by atoms with Gasteiger partial charge in [0.15, 0.2) is 5.78 Å². The minimum atomic E-state index is -1.58. The maximum Gasteiger partial charge on any atom is 0.302 e. The number of aliphatic hydroxyl groups excluding tert-OH is 3. The number of hydrogen-bond acceptors (Lipinski definition) is 9. The minimum Gasteiger partial charge on any atom is -0.507 e. The van der Waals surface area contributed by atoms with Crippen LogP contribution in [0.15, 0.2) is 53.2 Å². The molecule has 0 spiro atoms. The molecule has 0 bridgehead atoms. The first-order chi connectivity index (χ1) is 16.7. The number of phenolic OH excluding ortho intramolecular Hbond substituents is 1. The molecule has 0 aliphatic carbocycles. The average Bonchev–Trinajstić information content (AvgIpc) is 3.29. The molecule has 1 fully saturated rings. The Kier molecular flexibility index (Phi) is 7.04. The third-order valence-corrected chi connectivity index (χ3v) is 6.02. The second-order valence-electron chi connectivity index (χ2n) is 8.51. The summed E-state index contributed by atoms with van der Waals surface area (Å²) in [5.74, 6) is -1.34. The third-order valence-electron chi connectivity index (χ3n) is 6.02. The van der Waals surface area contributed by atoms with Gasteiger partial charge in [-0.3, -0.25) is 9.59 Å². The summed E-state index contributed by atoms with van der Waals surface area (Å²) < 4.78 is 16.0. The lowest BCUT2D eigenvalue weighted by Crippen LogP contribution is -2.55. The molecule has 2 aromatic carbocycles. The van der Waals surface area contributed by atoms with Crippen LogP contribution in [-0.2, 0) is 14.3 Å². The summed E-state index contributed by atoms with van der Waals surface area (Å²) in [7, 11) is 0. The molecule has 35 heavy (non-hydrogen) atoms. The Balaban J connectivity index is 1.61. The Morgan fingerprint density at radius 2 is 1.83 bits per heavy atom. The van der Waals surface area contributed by atoms with E-state index in [2.05, 4.69) is 0 Å². The van der Waals surface area contributed by atoms with E-state index in [-0.39, 0.29) is 17.9 Å². The van der Waals surface area contributed by atoms with Gasteiger partial charge in [-0.25, -0.2) is 0 Å². The molecule has 1 aliphatic rings. The van der Waals surface area contributed by atoms with Gasteiger partial charge in [-0.1, -0.05) is 12.1 Å². The first-order valence-electron chi connectivity index (χ1n) is 11.0. The van der Waals surface area contributed by atoms with Crippen molar-refractivity contribution in [3.05, 3.63) is 71.0 Å². The number of esters is 1. The summed E-state index contributed by atoms with van der Waals surface area (Å²) in [4.78, 5) is 24.1. The molecule has 0 saturated carbocycles. The van der Waals surface area contributed by atoms with E-state index in [4.69, 9.17) is 13.9 Å². The van der Waals surface area contributed by atoms with Gasteiger partial charge in [0, 0.05) is 12.3 Å². The highest BCUT2D eigenvalue weighted by molar-refractivity contribution is 6.09. The van der Waals surface area contributed by atoms with Crippen molar-refractivity contribution in [3.63, 3.8) is 0 Å². The lowest BCUT2D eigenvalue weighted by molar-refractivity contribution is -0.234. The fraction of sp³-hybridized carbons (Fsp3) is 0.308. The molecule has 9 heteroatoms. The van der Waals surface area contributed by atoms with Crippen molar-refractivity contribution in [1.29, 1.82) is 0 Å². The van der Waals surface area contributed by atoms with Gasteiger partial charge in [0.2, 0.25) is 0 Å². The molecule has 4 N–H and O–H groups in total. The van der Waals surface area contributed by atoms with Crippen molar-refractivity contribution in [3.8, 4) is 5.75 Å². The number of hydrogen-bond donors (Lipinski definition) is 4. The molecule has 1 aliphatic heterocycles. The highest BCUT2D eigenvalue weighted by Gasteiger charge is 2.45. The first kappa shape index (κ1) is 24.6. The molecule has 5 unspecified atom stereocenters. The summed E-state index contributed by atoms with van der Waals surface area (Å²) in [6.45, 7) is 2.51. The first-order valence-corrected chi connectivity index (χ1v) is 11.0. The zero-order valence-electron chi connectivity index (χ0n) is 19.1. The van der Waals surface area contributed by atoms with Crippen LogP contribution >= 0.6 is 0 Å². The number of ketones is 1. The maximum atomic E-state index is 12.9. The number of furan rings is 1. The van der Waals surface area contributed by atoms with Crippen molar-refractivity contribution in [2.24, 2.45) is 0 Å². The number of allylic oxidation sites excluding steroid dienone is 1. The molecule has 2 heterocycles. The van der Waals surface area contributed by atoms with Crippen molar-refractivity contribution in [1.82, 2.24) is 0 Å². The van der Waals surface area contributed by atoms with Crippen LogP contribution in [0.2, 0.25) is 0 Å². The van der Waals surface area contributed by atoms with E-state index in [0.29, 0.717) is 11.1 Å². The van der Waals surface area contributed by atoms with Gasteiger partial charge in [-0.2, -0.15) is 0 Å². The Labute approximate surface area is 200 Å². The van der Waals surface area contributed by atoms with E-state index in [0.717, 1.165) is 16.5 Å². The van der Waals surface area contributed by atoms with Crippen LogP contribution in [0.4, 0.5) is 0 Å². The number of phenols is 1. The molecule has 5 atom stereocenters. The van der Waals surface area contributed by atoms with Crippen LogP contribution in [0.3, 0.4) is 0 Å². The van der Waals surface area contributed by atoms with E-state index >= 15 is 0 Å². The fourth-order valence-corrected chi connectivity index (χ4v) is 4.11. The largest absolute Gasteiger partial charge is 0.507 e. The smallest absolute Gasteiger partial charge is 0.302 e. The number of rotatable bonds is 6. The van der Waals surface area contributed by atoms with Crippen LogP contribution < -0.4 is 0 Å². The maximum absolute atomic E-state index is 12.9. The SMILES string of the molecule is CC(=O)OCC1OC(c2cc(C(=O)/C=C/c3ccc4occc4c3)c(O)cc2C)C(O)C(O)C1O. The molecule has 1 saturated heterocycles. The standard InChI is InChI=1S/C26H26O9/c1-13-9-20(29)18(19(28)5-3-15-4-6-21-16(10-15)7-8-33-21)11-17(13)26-25(32)24(31)23(30)22(35-26)12-34-14(2)27/h3-11,22-26,29-32H,12H2,1-2H3/b5-3+. The number of carbonyl (C=O) groups is 2. The fourth-order valence-electron chi connectivity index (χ4n) is 4.11. The van der Waals surface area contributed by atoms with E-state index < -0.39 is 42.3 Å². The van der Waals surface area contributed by atoms with Crippen molar-refractivity contribution in [2.75, 3.05) is 6.61 Å². The zero-order valence-corrected chi connectivity index (χ0v) is 19.1. The number of carbonyl (C=O) groups excluding carboxylic acids is 2. The molecule has 0 amide bonds. The lowest BCUT2D eigenvalue weighted by Gasteiger charge is -2.41. The van der Waals surface area contributed by atoms with Gasteiger partial charge in [0.25, 0.3) is 0 Å². The number of aliphatic hydroxyl groups is 3. The summed E-state index contributed by atoms with van der Waals surface area (Å²) in [5, 5.41) is 42.5. The summed E-state index contributed by atoms with van der Waals surface area (Å²) in [6.07, 6.45) is -2.36. The van der Waals surface area contributed by atoms with Crippen LogP contribution in [0.25, 0.3) is 17.0 Å². The van der Waals surface area contributed by atoms with Gasteiger partial charge >= 0.3 is 5.97 Å². The van der Waals surface area contributed by atoms with Crippen LogP contribution in [0, 0.1) is 6.92 Å². The van der Waals surface area contributed by atoms with Crippen LogP contribution in [0.5, 0.6) is 5.75 Å². The van der Waals surface area contributed by atoms with Crippen molar-refractivity contribution >= 4 is 28.8 Å². The van der Waals surface area contributed by atoms with Gasteiger partial charge < -0.3 is 34.3 Å². The molecule has 9 nitrogen and oxygen atoms in total. The highest BCUT2D eigenvalue weighted by Crippen LogP contribution is 2.36. The highest BCUT2D eigenvalue weighted by atomic mass is 16.6. The molecule has 184 valence electrons. The normalized spacial score (nSPS) is 24.7. The van der Waals surface area contributed by atoms with Gasteiger partial charge in [0.05, 0.1) is 11.8 Å². The van der Waals surface area contributed by atoms with Crippen LogP contribution in [0.1, 0.15) is 40.1 Å². The molecular formula is C26H26O9. The summed E-state index contributed by atoms with van der Waals surface area (Å²) >= 11 is 0. The topological polar surface area (TPSA) is 147 Å². The number of benzene rings is 2. The van der Waals surface area contributed by atoms with E-state index in [1.807, 2.05) is 12.1 Å². The quantitative estimate of drug-likeness (QED) is 0.236. The van der Waals surface area contributed by atoms with Gasteiger partial charge in [-0.05, 0) is 60.0 Å². The third kappa shape index (κ3) is 5.13. The predicted molar refractivity (Wildman–Crippen MR) is 125 cm³/mol. The molecule has 3 aromatic rings. The van der Waals surface area contributed by atoms with Crippen LogP contribution in [-0.4, -0.2) is 63.2 Å². The van der Waals surface area contributed by atoms with Crippen molar-refractivity contribution in [2.45, 2.75) is 44.4 Å². The van der Waals surface area contributed by atoms with Gasteiger partial charge in [-0.15, -0.1) is 0 Å². The molecular weight excluding hydrogens is 456 g/mol. The second kappa shape index (κ2) is 10.0. The Hall–Kier alpha value is -3.50. The van der Waals surface area contributed by atoms with E-state index in [9.17, 15) is 30.0 Å². The lowest BCUT2D eigenvalue weighted by atomic mass is 9.88. The van der Waals surface area contributed by atoms with Gasteiger partial charge in [0.1, 0.15) is 48.5 Å². The molecule has 1 aromatic heterocycles. The summed E-state index contributed by atoms with van der Waals surface area (Å²) in [5.41, 5.74) is 2.28. The second-order valence-corrected chi connectivity index (χ2v) is 8.51. The molecule has 4 rings (SSSR count). The number of aromatic hydroxyl groups is 1. The predicted octanol–water partition coefficient (Wildman–Crippen LogP) is 2.43. The Morgan fingerprint density at radius 3 is 2.57 bits per heavy atom. The zero-order chi connectivity index (χ0) is 25.3. The van der Waals surface area contributed by atoms with Crippen molar-refractivity contribution < 1.29 is 43.9 Å².